The molecule has 2 heteroatoms. The van der Waals surface area contributed by atoms with Crippen LogP contribution in [0.4, 0.5) is 0 Å². The average molecular weight is 237 g/mol. The van der Waals surface area contributed by atoms with E-state index in [9.17, 15) is 0 Å². The van der Waals surface area contributed by atoms with Gasteiger partial charge in [0.25, 0.3) is 0 Å². The van der Waals surface area contributed by atoms with Crippen LogP contribution < -0.4 is 4.16 Å². The van der Waals surface area contributed by atoms with Crippen molar-refractivity contribution in [3.8, 4) is 0 Å². The van der Waals surface area contributed by atoms with Crippen molar-refractivity contribution in [1.29, 1.82) is 0 Å². The Morgan fingerprint density at radius 2 is 1.78 bits per heavy atom. The number of benzene rings is 1. The molecule has 0 aliphatic heterocycles. The molecule has 0 N–H and O–H groups in total. The first kappa shape index (κ1) is 9.32. The minimum atomic E-state index is 0. The van der Waals surface area contributed by atoms with E-state index in [1.807, 2.05) is 0 Å². The van der Waals surface area contributed by atoms with Gasteiger partial charge in [0.05, 0.1) is 0 Å². The van der Waals surface area contributed by atoms with E-state index >= 15 is 0 Å². The van der Waals surface area contributed by atoms with Crippen molar-refractivity contribution in [3.63, 3.8) is 0 Å². The Morgan fingerprint density at radius 3 is 2.11 bits per heavy atom. The molecule has 0 atom stereocenters. The summed E-state index contributed by atoms with van der Waals surface area (Å²) >= 11 is 1.27. The zero-order chi connectivity index (χ0) is 5.98. The molecule has 1 aromatic rings. The summed E-state index contributed by atoms with van der Waals surface area (Å²) < 4.78 is 1.49. The van der Waals surface area contributed by atoms with Crippen molar-refractivity contribution >= 4 is 21.1 Å². The Hall–Kier alpha value is 0.323. The van der Waals surface area contributed by atoms with Gasteiger partial charge in [-0.2, -0.15) is 0 Å². The molecule has 0 radical (unpaired) electrons. The molecule has 0 fully saturated rings. The maximum atomic E-state index is 2.18. The second-order valence-electron chi connectivity index (χ2n) is 1.93. The summed E-state index contributed by atoms with van der Waals surface area (Å²) in [5.41, 5.74) is 1.42. The van der Waals surface area contributed by atoms with Crippen LogP contribution in [0.5, 0.6) is 0 Å². The Labute approximate surface area is 76.1 Å². The summed E-state index contributed by atoms with van der Waals surface area (Å²) in [6.45, 7) is 2.15. The second kappa shape index (κ2) is 4.19. The summed E-state index contributed by atoms with van der Waals surface area (Å²) in [4.78, 5) is 0. The van der Waals surface area contributed by atoms with Crippen molar-refractivity contribution in [1.82, 2.24) is 0 Å². The van der Waals surface area contributed by atoms with Gasteiger partial charge in [0, 0.05) is 0 Å². The first-order valence-electron chi connectivity index (χ1n) is 2.68. The van der Waals surface area contributed by atoms with E-state index in [0.29, 0.717) is 0 Å². The van der Waals surface area contributed by atoms with Crippen molar-refractivity contribution < 1.29 is 18.3 Å². The molecule has 0 saturated carbocycles. The Kier molecular flexibility index (Phi) is 4.34. The van der Waals surface area contributed by atoms with Crippen LogP contribution in [0.3, 0.4) is 0 Å². The monoisotopic (exact) mass is 235 g/mol. The third-order valence-corrected chi connectivity index (χ3v) is 2.93. The van der Waals surface area contributed by atoms with E-state index in [-0.39, 0.29) is 17.0 Å². The molecule has 9 heavy (non-hydrogen) atoms. The zero-order valence-electron chi connectivity index (χ0n) is 5.42. The molecule has 0 unspecified atom stereocenters. The standard InChI is InChI=1S/C7H7.BrH.Zn/c1-7-5-3-2-4-6-7;;/h2-5H,1H3;1H;. The van der Waals surface area contributed by atoms with Crippen LogP contribution in [-0.2, 0) is 18.3 Å². The van der Waals surface area contributed by atoms with E-state index in [1.165, 1.54) is 28.0 Å². The van der Waals surface area contributed by atoms with Gasteiger partial charge in [0.2, 0.25) is 0 Å². The van der Waals surface area contributed by atoms with Crippen LogP contribution in [0.2, 0.25) is 0 Å². The molecule has 1 aromatic carbocycles. The number of halogens is 1. The fraction of sp³-hybridized carbons (Fsp3) is 0.143. The fourth-order valence-electron chi connectivity index (χ4n) is 0.610. The molecule has 1 rings (SSSR count). The molecule has 0 aliphatic rings. The number of hydrogen-bond acceptors (Lipinski definition) is 0. The van der Waals surface area contributed by atoms with Gasteiger partial charge in [0.15, 0.2) is 0 Å². The van der Waals surface area contributed by atoms with Crippen molar-refractivity contribution in [2.45, 2.75) is 6.92 Å². The summed E-state index contributed by atoms with van der Waals surface area (Å²) in [5, 5.41) is 0. The van der Waals surface area contributed by atoms with Crippen LogP contribution >= 0.6 is 17.0 Å². The Balaban J connectivity index is 0.000000640. The van der Waals surface area contributed by atoms with E-state index < -0.39 is 0 Å². The Bertz CT molecular complexity index is 165. The topological polar surface area (TPSA) is 0 Å². The maximum absolute atomic E-state index is 2.18. The van der Waals surface area contributed by atoms with Gasteiger partial charge >= 0.3 is 59.2 Å². The van der Waals surface area contributed by atoms with Crippen LogP contribution in [-0.4, -0.2) is 0 Å². The normalized spacial score (nSPS) is 8.33. The van der Waals surface area contributed by atoms with Gasteiger partial charge in [-0.3, -0.25) is 0 Å². The molecule has 0 heterocycles. The van der Waals surface area contributed by atoms with Crippen molar-refractivity contribution in [3.05, 3.63) is 29.8 Å². The first-order chi connectivity index (χ1) is 3.80. The minimum absolute atomic E-state index is 0. The number of aryl methyl sites for hydroxylation is 1. The van der Waals surface area contributed by atoms with Crippen molar-refractivity contribution in [2.24, 2.45) is 0 Å². The molecule has 0 bridgehead atoms. The average Bonchev–Trinajstić information content (AvgIpc) is 1.77. The van der Waals surface area contributed by atoms with Crippen molar-refractivity contribution in [2.75, 3.05) is 0 Å². The van der Waals surface area contributed by atoms with E-state index in [1.54, 1.807) is 0 Å². The second-order valence-corrected chi connectivity index (χ2v) is 3.52. The predicted molar refractivity (Wildman–Crippen MR) is 41.1 cm³/mol. The molecule has 0 spiro atoms. The van der Waals surface area contributed by atoms with Crippen LogP contribution in [0.15, 0.2) is 24.3 Å². The molecule has 0 aromatic heterocycles. The Morgan fingerprint density at radius 1 is 1.22 bits per heavy atom. The van der Waals surface area contributed by atoms with Gasteiger partial charge in [-0.1, -0.05) is 0 Å². The molecule has 0 saturated heterocycles. The molecule has 0 nitrogen and oxygen atoms in total. The van der Waals surface area contributed by atoms with Crippen LogP contribution in [0.25, 0.3) is 0 Å². The summed E-state index contributed by atoms with van der Waals surface area (Å²) in [6.07, 6.45) is 0. The predicted octanol–water partition coefficient (Wildman–Crippen LogP) is 1.75. The molecule has 0 amide bonds. The van der Waals surface area contributed by atoms with Crippen LogP contribution in [0, 0.1) is 6.92 Å². The molecular weight excluding hydrogens is 229 g/mol. The summed E-state index contributed by atoms with van der Waals surface area (Å²) in [7, 11) is 0. The molecule has 45 valence electrons. The van der Waals surface area contributed by atoms with Gasteiger partial charge < -0.3 is 0 Å². The van der Waals surface area contributed by atoms with Gasteiger partial charge in [-0.15, -0.1) is 17.0 Å². The zero-order valence-corrected chi connectivity index (χ0v) is 10.1. The third kappa shape index (κ3) is 2.60. The van der Waals surface area contributed by atoms with Gasteiger partial charge in [-0.05, 0) is 0 Å². The van der Waals surface area contributed by atoms with E-state index in [2.05, 4.69) is 31.2 Å². The fourth-order valence-corrected chi connectivity index (χ4v) is 1.14. The van der Waals surface area contributed by atoms with Gasteiger partial charge in [-0.25, -0.2) is 0 Å². The SMILES string of the molecule is Br.Cc1cccc[c]1[Zn]. The van der Waals surface area contributed by atoms with E-state index in [0.717, 1.165) is 0 Å². The molecular formula is C7H8BrZn. The molecule has 0 aliphatic carbocycles. The van der Waals surface area contributed by atoms with Gasteiger partial charge in [0.1, 0.15) is 0 Å². The van der Waals surface area contributed by atoms with Crippen LogP contribution in [0.1, 0.15) is 5.56 Å². The number of rotatable bonds is 0. The van der Waals surface area contributed by atoms with E-state index in [4.69, 9.17) is 0 Å². The first-order valence-corrected chi connectivity index (χ1v) is 4.16. The summed E-state index contributed by atoms with van der Waals surface area (Å²) in [6, 6.07) is 8.49. The third-order valence-electron chi connectivity index (χ3n) is 1.26. The quantitative estimate of drug-likeness (QED) is 0.603. The summed E-state index contributed by atoms with van der Waals surface area (Å²) in [5.74, 6) is 0. The number of hydrogen-bond donors (Lipinski definition) is 0.